The lowest BCUT2D eigenvalue weighted by Gasteiger charge is -2.42. The van der Waals surface area contributed by atoms with E-state index >= 15 is 0 Å². The highest BCUT2D eigenvalue weighted by Gasteiger charge is 2.46. The van der Waals surface area contributed by atoms with E-state index in [9.17, 15) is 15.0 Å². The SMILES string of the molecule is O=C(C(O)C1(O)CCC1)N1CCN(C/C=C/c2ccccc2)CC1. The number of hydrogen-bond acceptors (Lipinski definition) is 4. The van der Waals surface area contributed by atoms with Gasteiger partial charge in [0.2, 0.25) is 0 Å². The van der Waals surface area contributed by atoms with E-state index in [0.29, 0.717) is 25.9 Å². The zero-order valence-electron chi connectivity index (χ0n) is 14.0. The summed E-state index contributed by atoms with van der Waals surface area (Å²) in [7, 11) is 0. The number of carbonyl (C=O) groups is 1. The Morgan fingerprint density at radius 2 is 1.83 bits per heavy atom. The first-order chi connectivity index (χ1) is 11.6. The third kappa shape index (κ3) is 3.86. The topological polar surface area (TPSA) is 64.0 Å². The molecule has 24 heavy (non-hydrogen) atoms. The van der Waals surface area contributed by atoms with Gasteiger partial charge in [-0.1, -0.05) is 42.5 Å². The standard InChI is InChI=1S/C19H26N2O3/c22-17(19(24)9-5-10-19)18(23)21-14-12-20(13-15-21)11-4-8-16-6-2-1-3-7-16/h1-4,6-8,17,22,24H,5,9-15H2/b8-4+. The van der Waals surface area contributed by atoms with Crippen LogP contribution in [0.3, 0.4) is 0 Å². The Morgan fingerprint density at radius 3 is 2.42 bits per heavy atom. The molecule has 1 heterocycles. The van der Waals surface area contributed by atoms with Gasteiger partial charge >= 0.3 is 0 Å². The van der Waals surface area contributed by atoms with Gasteiger partial charge in [-0.05, 0) is 24.8 Å². The summed E-state index contributed by atoms with van der Waals surface area (Å²) in [4.78, 5) is 16.3. The zero-order valence-corrected chi connectivity index (χ0v) is 14.0. The predicted octanol–water partition coefficient (Wildman–Crippen LogP) is 1.12. The Bertz CT molecular complexity index is 576. The van der Waals surface area contributed by atoms with Crippen molar-refractivity contribution in [3.8, 4) is 0 Å². The van der Waals surface area contributed by atoms with Crippen LogP contribution >= 0.6 is 0 Å². The lowest BCUT2D eigenvalue weighted by atomic mass is 9.75. The van der Waals surface area contributed by atoms with Crippen molar-refractivity contribution in [2.45, 2.75) is 31.0 Å². The molecule has 3 rings (SSSR count). The fraction of sp³-hybridized carbons (Fsp3) is 0.526. The molecule has 1 amide bonds. The monoisotopic (exact) mass is 330 g/mol. The summed E-state index contributed by atoms with van der Waals surface area (Å²) < 4.78 is 0. The number of aliphatic hydroxyl groups excluding tert-OH is 1. The van der Waals surface area contributed by atoms with E-state index in [2.05, 4.69) is 29.2 Å². The van der Waals surface area contributed by atoms with E-state index < -0.39 is 11.7 Å². The molecule has 130 valence electrons. The summed E-state index contributed by atoms with van der Waals surface area (Å²) >= 11 is 0. The highest BCUT2D eigenvalue weighted by atomic mass is 16.4. The third-order valence-electron chi connectivity index (χ3n) is 5.12. The summed E-state index contributed by atoms with van der Waals surface area (Å²) in [5, 5.41) is 20.3. The molecule has 0 bridgehead atoms. The Morgan fingerprint density at radius 1 is 1.17 bits per heavy atom. The third-order valence-corrected chi connectivity index (χ3v) is 5.12. The molecule has 1 atom stereocenters. The van der Waals surface area contributed by atoms with Gasteiger partial charge in [-0.15, -0.1) is 0 Å². The molecule has 1 aromatic rings. The molecular weight excluding hydrogens is 304 g/mol. The van der Waals surface area contributed by atoms with Crippen molar-refractivity contribution < 1.29 is 15.0 Å². The van der Waals surface area contributed by atoms with Gasteiger partial charge in [0, 0.05) is 32.7 Å². The van der Waals surface area contributed by atoms with Crippen LogP contribution < -0.4 is 0 Å². The van der Waals surface area contributed by atoms with Gasteiger partial charge in [0.05, 0.1) is 5.60 Å². The molecule has 1 saturated heterocycles. The molecule has 1 aliphatic heterocycles. The molecule has 2 aliphatic rings. The summed E-state index contributed by atoms with van der Waals surface area (Å²) in [6, 6.07) is 10.2. The summed E-state index contributed by atoms with van der Waals surface area (Å²) in [6.45, 7) is 3.63. The van der Waals surface area contributed by atoms with Gasteiger partial charge in [-0.3, -0.25) is 9.69 Å². The van der Waals surface area contributed by atoms with E-state index in [0.717, 1.165) is 26.1 Å². The number of nitrogens with zero attached hydrogens (tertiary/aromatic N) is 2. The summed E-state index contributed by atoms with van der Waals surface area (Å²) in [5.41, 5.74) is -0.00436. The maximum Gasteiger partial charge on any atom is 0.254 e. The Hall–Kier alpha value is -1.69. The quantitative estimate of drug-likeness (QED) is 0.849. The predicted molar refractivity (Wildman–Crippen MR) is 93.3 cm³/mol. The van der Waals surface area contributed by atoms with Crippen molar-refractivity contribution in [2.75, 3.05) is 32.7 Å². The van der Waals surface area contributed by atoms with E-state index in [-0.39, 0.29) is 5.91 Å². The normalized spacial score (nSPS) is 22.3. The molecule has 0 spiro atoms. The number of aliphatic hydroxyl groups is 2. The largest absolute Gasteiger partial charge is 0.387 e. The van der Waals surface area contributed by atoms with Gasteiger partial charge in [0.1, 0.15) is 0 Å². The van der Waals surface area contributed by atoms with Gasteiger partial charge < -0.3 is 15.1 Å². The van der Waals surface area contributed by atoms with Crippen molar-refractivity contribution in [3.63, 3.8) is 0 Å². The molecule has 2 N–H and O–H groups in total. The van der Waals surface area contributed by atoms with E-state index in [1.165, 1.54) is 5.56 Å². The van der Waals surface area contributed by atoms with Crippen LogP contribution in [0.15, 0.2) is 36.4 Å². The number of hydrogen-bond donors (Lipinski definition) is 2. The van der Waals surface area contributed by atoms with Gasteiger partial charge in [0.15, 0.2) is 6.10 Å². The molecule has 5 nitrogen and oxygen atoms in total. The number of benzene rings is 1. The minimum atomic E-state index is -1.27. The Labute approximate surface area is 143 Å². The highest BCUT2D eigenvalue weighted by Crippen LogP contribution is 2.35. The van der Waals surface area contributed by atoms with Crippen molar-refractivity contribution in [1.82, 2.24) is 9.80 Å². The lowest BCUT2D eigenvalue weighted by Crippen LogP contribution is -2.59. The molecule has 2 fully saturated rings. The Balaban J connectivity index is 1.44. The van der Waals surface area contributed by atoms with Gasteiger partial charge in [-0.2, -0.15) is 0 Å². The molecular formula is C19H26N2O3. The second-order valence-electron chi connectivity index (χ2n) is 6.80. The second-order valence-corrected chi connectivity index (χ2v) is 6.80. The molecule has 0 radical (unpaired) electrons. The molecule has 5 heteroatoms. The van der Waals surface area contributed by atoms with Crippen molar-refractivity contribution in [2.24, 2.45) is 0 Å². The van der Waals surface area contributed by atoms with Crippen LogP contribution in [-0.2, 0) is 4.79 Å². The minimum Gasteiger partial charge on any atom is -0.387 e. The second kappa shape index (κ2) is 7.47. The number of piperazine rings is 1. The smallest absolute Gasteiger partial charge is 0.254 e. The van der Waals surface area contributed by atoms with E-state index in [4.69, 9.17) is 0 Å². The van der Waals surface area contributed by atoms with Crippen molar-refractivity contribution in [3.05, 3.63) is 42.0 Å². The first-order valence-corrected chi connectivity index (χ1v) is 8.72. The average molecular weight is 330 g/mol. The van der Waals surface area contributed by atoms with Crippen LogP contribution in [0.25, 0.3) is 6.08 Å². The molecule has 1 aliphatic carbocycles. The average Bonchev–Trinajstić information content (AvgIpc) is 2.60. The summed E-state index contributed by atoms with van der Waals surface area (Å²) in [6.07, 6.45) is 4.89. The first-order valence-electron chi connectivity index (χ1n) is 8.72. The molecule has 1 aromatic carbocycles. The van der Waals surface area contributed by atoms with Crippen LogP contribution in [0.2, 0.25) is 0 Å². The maximum absolute atomic E-state index is 12.3. The maximum atomic E-state index is 12.3. The van der Waals surface area contributed by atoms with Crippen LogP contribution in [-0.4, -0.2) is 70.3 Å². The van der Waals surface area contributed by atoms with Crippen LogP contribution in [0, 0.1) is 0 Å². The zero-order chi connectivity index (χ0) is 17.0. The van der Waals surface area contributed by atoms with E-state index in [1.807, 2.05) is 18.2 Å². The fourth-order valence-electron chi connectivity index (χ4n) is 3.27. The highest BCUT2D eigenvalue weighted by molar-refractivity contribution is 5.82. The number of rotatable bonds is 5. The van der Waals surface area contributed by atoms with Gasteiger partial charge in [-0.25, -0.2) is 0 Å². The Kier molecular flexibility index (Phi) is 5.33. The number of carbonyl (C=O) groups excluding carboxylic acids is 1. The molecule has 0 aromatic heterocycles. The van der Waals surface area contributed by atoms with E-state index in [1.54, 1.807) is 4.90 Å². The van der Waals surface area contributed by atoms with Crippen LogP contribution in [0.5, 0.6) is 0 Å². The van der Waals surface area contributed by atoms with Gasteiger partial charge in [0.25, 0.3) is 5.91 Å². The fourth-order valence-corrected chi connectivity index (χ4v) is 3.27. The van der Waals surface area contributed by atoms with Crippen LogP contribution in [0.1, 0.15) is 24.8 Å². The molecule has 1 saturated carbocycles. The van der Waals surface area contributed by atoms with Crippen molar-refractivity contribution >= 4 is 12.0 Å². The number of amides is 1. The first kappa shape index (κ1) is 17.1. The minimum absolute atomic E-state index is 0.323. The summed E-state index contributed by atoms with van der Waals surface area (Å²) in [5.74, 6) is -0.323. The molecule has 1 unspecified atom stereocenters. The van der Waals surface area contributed by atoms with Crippen molar-refractivity contribution in [1.29, 1.82) is 0 Å². The lowest BCUT2D eigenvalue weighted by molar-refractivity contribution is -0.169. The van der Waals surface area contributed by atoms with Crippen LogP contribution in [0.4, 0.5) is 0 Å².